The topological polar surface area (TPSA) is 75.3 Å². The second kappa shape index (κ2) is 7.79. The number of carbonyl (C=O) groups excluding carboxylic acids is 1. The molecule has 0 aromatic heterocycles. The summed E-state index contributed by atoms with van der Waals surface area (Å²) in [6.45, 7) is 3.69. The van der Waals surface area contributed by atoms with Gasteiger partial charge in [-0.05, 0) is 49.7 Å². The first-order valence-electron chi connectivity index (χ1n) is 7.51. The van der Waals surface area contributed by atoms with E-state index in [2.05, 4.69) is 10.0 Å². The summed E-state index contributed by atoms with van der Waals surface area (Å²) in [5.41, 5.74) is 0.844. The molecule has 0 radical (unpaired) electrons. The van der Waals surface area contributed by atoms with E-state index in [0.29, 0.717) is 22.7 Å². The van der Waals surface area contributed by atoms with Gasteiger partial charge in [0.25, 0.3) is 5.91 Å². The molecule has 1 amide bonds. The molecule has 0 saturated carbocycles. The van der Waals surface area contributed by atoms with Gasteiger partial charge in [-0.2, -0.15) is 0 Å². The second-order valence-electron chi connectivity index (χ2n) is 5.39. The normalized spacial score (nSPS) is 12.6. The van der Waals surface area contributed by atoms with Crippen molar-refractivity contribution >= 4 is 33.2 Å². The predicted molar refractivity (Wildman–Crippen MR) is 95.9 cm³/mol. The minimum Gasteiger partial charge on any atom is -0.321 e. The summed E-state index contributed by atoms with van der Waals surface area (Å²) in [4.78, 5) is 12.3. The van der Waals surface area contributed by atoms with Crippen molar-refractivity contribution < 1.29 is 13.2 Å². The molecule has 7 heteroatoms. The summed E-state index contributed by atoms with van der Waals surface area (Å²) < 4.78 is 27.0. The number of rotatable bonds is 6. The van der Waals surface area contributed by atoms with Gasteiger partial charge in [0.15, 0.2) is 0 Å². The Labute approximate surface area is 147 Å². The Hall–Kier alpha value is -1.89. The van der Waals surface area contributed by atoms with Crippen molar-refractivity contribution in [1.29, 1.82) is 0 Å². The fourth-order valence-electron chi connectivity index (χ4n) is 1.96. The van der Waals surface area contributed by atoms with Crippen LogP contribution >= 0.6 is 11.6 Å². The number of hydrogen-bond acceptors (Lipinski definition) is 3. The van der Waals surface area contributed by atoms with Crippen molar-refractivity contribution in [1.82, 2.24) is 4.72 Å². The van der Waals surface area contributed by atoms with Crippen LogP contribution in [-0.2, 0) is 10.0 Å². The fraction of sp³-hybridized carbons (Fsp3) is 0.235. The van der Waals surface area contributed by atoms with Gasteiger partial charge >= 0.3 is 0 Å². The highest BCUT2D eigenvalue weighted by atomic mass is 35.5. The molecular formula is C17H19ClN2O3S. The van der Waals surface area contributed by atoms with Crippen LogP contribution < -0.4 is 10.0 Å². The highest BCUT2D eigenvalue weighted by Crippen LogP contribution is 2.21. The number of para-hydroxylation sites is 1. The molecule has 1 unspecified atom stereocenters. The Morgan fingerprint density at radius 2 is 1.75 bits per heavy atom. The van der Waals surface area contributed by atoms with Gasteiger partial charge in [-0.1, -0.05) is 30.7 Å². The summed E-state index contributed by atoms with van der Waals surface area (Å²) in [7, 11) is -3.58. The van der Waals surface area contributed by atoms with Crippen molar-refractivity contribution in [2.75, 3.05) is 5.32 Å². The molecule has 2 aromatic carbocycles. The highest BCUT2D eigenvalue weighted by molar-refractivity contribution is 7.89. The minimum atomic E-state index is -3.58. The van der Waals surface area contributed by atoms with E-state index in [0.717, 1.165) is 0 Å². The van der Waals surface area contributed by atoms with Crippen LogP contribution in [0.3, 0.4) is 0 Å². The summed E-state index contributed by atoms with van der Waals surface area (Å²) >= 11 is 6.00. The summed E-state index contributed by atoms with van der Waals surface area (Å²) in [5, 5.41) is 3.12. The second-order valence-corrected chi connectivity index (χ2v) is 7.51. The standard InChI is InChI=1S/C17H19ClN2O3S/c1-3-12(2)20-24(22,23)14-10-8-13(9-11-14)17(21)19-16-7-5-4-6-15(16)18/h4-12,20H,3H2,1-2H3,(H,19,21). The van der Waals surface area contributed by atoms with Gasteiger partial charge in [-0.25, -0.2) is 13.1 Å². The molecule has 2 N–H and O–H groups in total. The Morgan fingerprint density at radius 3 is 2.33 bits per heavy atom. The lowest BCUT2D eigenvalue weighted by atomic mass is 10.2. The summed E-state index contributed by atoms with van der Waals surface area (Å²) in [6.07, 6.45) is 0.692. The quantitative estimate of drug-likeness (QED) is 0.819. The molecular weight excluding hydrogens is 348 g/mol. The number of anilines is 1. The van der Waals surface area contributed by atoms with E-state index in [1.54, 1.807) is 31.2 Å². The molecule has 128 valence electrons. The molecule has 1 atom stereocenters. The first-order valence-corrected chi connectivity index (χ1v) is 9.38. The van der Waals surface area contributed by atoms with Gasteiger partial charge in [0.2, 0.25) is 10.0 Å². The molecule has 0 bridgehead atoms. The van der Waals surface area contributed by atoms with E-state index in [1.807, 2.05) is 6.92 Å². The van der Waals surface area contributed by atoms with Crippen LogP contribution in [0.1, 0.15) is 30.6 Å². The zero-order valence-corrected chi connectivity index (χ0v) is 15.0. The lowest BCUT2D eigenvalue weighted by molar-refractivity contribution is 0.102. The molecule has 0 spiro atoms. The van der Waals surface area contributed by atoms with Gasteiger partial charge in [-0.3, -0.25) is 4.79 Å². The predicted octanol–water partition coefficient (Wildman–Crippen LogP) is 3.67. The van der Waals surface area contributed by atoms with E-state index < -0.39 is 10.0 Å². The van der Waals surface area contributed by atoms with E-state index in [1.165, 1.54) is 24.3 Å². The number of nitrogens with one attached hydrogen (secondary N) is 2. The summed E-state index contributed by atoms with van der Waals surface area (Å²) in [6, 6.07) is 12.5. The third-order valence-electron chi connectivity index (χ3n) is 3.52. The molecule has 0 fully saturated rings. The molecule has 5 nitrogen and oxygen atoms in total. The monoisotopic (exact) mass is 366 g/mol. The number of benzene rings is 2. The van der Waals surface area contributed by atoms with Crippen molar-refractivity contribution in [3.63, 3.8) is 0 Å². The number of sulfonamides is 1. The molecule has 0 saturated heterocycles. The molecule has 2 aromatic rings. The van der Waals surface area contributed by atoms with Crippen LogP contribution in [0, 0.1) is 0 Å². The first kappa shape index (κ1) is 18.4. The third-order valence-corrected chi connectivity index (χ3v) is 5.45. The maximum Gasteiger partial charge on any atom is 0.255 e. The van der Waals surface area contributed by atoms with E-state index in [-0.39, 0.29) is 16.8 Å². The molecule has 24 heavy (non-hydrogen) atoms. The highest BCUT2D eigenvalue weighted by Gasteiger charge is 2.17. The van der Waals surface area contributed by atoms with Crippen LogP contribution in [0.5, 0.6) is 0 Å². The SMILES string of the molecule is CCC(C)NS(=O)(=O)c1ccc(C(=O)Nc2ccccc2Cl)cc1. The molecule has 0 aliphatic heterocycles. The maximum atomic E-state index is 12.2. The Kier molecular flexibility index (Phi) is 5.99. The Morgan fingerprint density at radius 1 is 1.12 bits per heavy atom. The van der Waals surface area contributed by atoms with Gasteiger partial charge in [0, 0.05) is 11.6 Å². The number of hydrogen-bond donors (Lipinski definition) is 2. The van der Waals surface area contributed by atoms with Gasteiger partial charge in [0.05, 0.1) is 15.6 Å². The first-order chi connectivity index (χ1) is 11.3. The van der Waals surface area contributed by atoms with Crippen molar-refractivity contribution in [3.05, 3.63) is 59.1 Å². The Bertz CT molecular complexity index is 820. The van der Waals surface area contributed by atoms with Crippen LogP contribution in [0.15, 0.2) is 53.4 Å². The van der Waals surface area contributed by atoms with Gasteiger partial charge in [0.1, 0.15) is 0 Å². The van der Waals surface area contributed by atoms with Crippen LogP contribution in [0.25, 0.3) is 0 Å². The molecule has 0 aliphatic carbocycles. The van der Waals surface area contributed by atoms with Crippen LogP contribution in [0.4, 0.5) is 5.69 Å². The lowest BCUT2D eigenvalue weighted by Gasteiger charge is -2.12. The zero-order valence-electron chi connectivity index (χ0n) is 13.4. The average molecular weight is 367 g/mol. The number of carbonyl (C=O) groups is 1. The van der Waals surface area contributed by atoms with Crippen LogP contribution in [0.2, 0.25) is 5.02 Å². The van der Waals surface area contributed by atoms with Gasteiger partial charge in [-0.15, -0.1) is 0 Å². The van der Waals surface area contributed by atoms with E-state index in [4.69, 9.17) is 11.6 Å². The largest absolute Gasteiger partial charge is 0.321 e. The summed E-state index contributed by atoms with van der Waals surface area (Å²) in [5.74, 6) is -0.359. The van der Waals surface area contributed by atoms with E-state index >= 15 is 0 Å². The van der Waals surface area contributed by atoms with E-state index in [9.17, 15) is 13.2 Å². The van der Waals surface area contributed by atoms with Crippen molar-refractivity contribution in [2.45, 2.75) is 31.2 Å². The Balaban J connectivity index is 2.14. The molecule has 0 aliphatic rings. The zero-order chi connectivity index (χ0) is 17.7. The average Bonchev–Trinajstić information content (AvgIpc) is 2.56. The van der Waals surface area contributed by atoms with Crippen molar-refractivity contribution in [2.24, 2.45) is 0 Å². The lowest BCUT2D eigenvalue weighted by Crippen LogP contribution is -2.32. The third kappa shape index (κ3) is 4.56. The smallest absolute Gasteiger partial charge is 0.255 e. The van der Waals surface area contributed by atoms with Gasteiger partial charge < -0.3 is 5.32 Å². The number of halogens is 1. The minimum absolute atomic E-state index is 0.122. The molecule has 0 heterocycles. The fourth-order valence-corrected chi connectivity index (χ4v) is 3.47. The number of amides is 1. The van der Waals surface area contributed by atoms with Crippen molar-refractivity contribution in [3.8, 4) is 0 Å². The maximum absolute atomic E-state index is 12.2. The molecule has 2 rings (SSSR count). The van der Waals surface area contributed by atoms with Crippen LogP contribution in [-0.4, -0.2) is 20.4 Å².